The summed E-state index contributed by atoms with van der Waals surface area (Å²) in [7, 11) is 0. The maximum atomic E-state index is 13.8. The first-order valence-electron chi connectivity index (χ1n) is 13.0. The molecule has 5 nitrogen and oxygen atoms in total. The van der Waals surface area contributed by atoms with Gasteiger partial charge in [-0.2, -0.15) is 0 Å². The second kappa shape index (κ2) is 13.4. The lowest BCUT2D eigenvalue weighted by Gasteiger charge is -2.32. The molecule has 0 unspecified atom stereocenters. The summed E-state index contributed by atoms with van der Waals surface area (Å²) in [5, 5.41) is 5.06. The largest absolute Gasteiger partial charge is 0.483 e. The Morgan fingerprint density at radius 1 is 0.923 bits per heavy atom. The van der Waals surface area contributed by atoms with Crippen LogP contribution in [0.4, 0.5) is 4.39 Å². The molecule has 4 aromatic rings. The molecular weight excluding hydrogens is 559 g/mol. The number of ether oxygens (including phenoxy) is 1. The van der Waals surface area contributed by atoms with Crippen LogP contribution in [0.1, 0.15) is 31.4 Å². The van der Waals surface area contributed by atoms with Crippen LogP contribution in [0.25, 0.3) is 10.8 Å². The van der Waals surface area contributed by atoms with Crippen LogP contribution in [0.2, 0.25) is 0 Å². The SMILES string of the molecule is CC[C@H](C)NC(=O)[C@@H](Cc1ccccc1)N(Cc1ccc(F)cc1)C(=O)COc1ccc2ccccc2c1Br. The van der Waals surface area contributed by atoms with Crippen LogP contribution in [-0.2, 0) is 22.6 Å². The molecule has 4 rings (SSSR count). The summed E-state index contributed by atoms with van der Waals surface area (Å²) in [6.07, 6.45) is 1.09. The van der Waals surface area contributed by atoms with Gasteiger partial charge in [0.1, 0.15) is 17.6 Å². The number of nitrogens with one attached hydrogen (secondary N) is 1. The maximum absolute atomic E-state index is 13.8. The van der Waals surface area contributed by atoms with Crippen molar-refractivity contribution >= 4 is 38.5 Å². The number of halogens is 2. The summed E-state index contributed by atoms with van der Waals surface area (Å²) >= 11 is 3.61. The van der Waals surface area contributed by atoms with Gasteiger partial charge < -0.3 is 15.0 Å². The van der Waals surface area contributed by atoms with E-state index in [1.807, 2.05) is 80.6 Å². The third kappa shape index (κ3) is 7.45. The van der Waals surface area contributed by atoms with E-state index in [1.54, 1.807) is 12.1 Å². The Morgan fingerprint density at radius 2 is 1.62 bits per heavy atom. The van der Waals surface area contributed by atoms with Crippen molar-refractivity contribution in [3.63, 3.8) is 0 Å². The first kappa shape index (κ1) is 28.3. The van der Waals surface area contributed by atoms with Gasteiger partial charge in [0.05, 0.1) is 4.47 Å². The zero-order valence-electron chi connectivity index (χ0n) is 22.1. The van der Waals surface area contributed by atoms with E-state index in [4.69, 9.17) is 4.74 Å². The Labute approximate surface area is 237 Å². The fourth-order valence-corrected chi connectivity index (χ4v) is 4.94. The van der Waals surface area contributed by atoms with E-state index in [0.717, 1.165) is 27.2 Å². The second-order valence-electron chi connectivity index (χ2n) is 9.56. The van der Waals surface area contributed by atoms with E-state index >= 15 is 0 Å². The van der Waals surface area contributed by atoms with Crippen LogP contribution in [0, 0.1) is 5.82 Å². The van der Waals surface area contributed by atoms with Crippen LogP contribution in [0.5, 0.6) is 5.75 Å². The third-order valence-electron chi connectivity index (χ3n) is 6.72. The summed E-state index contributed by atoms with van der Waals surface area (Å²) in [4.78, 5) is 28.9. The zero-order valence-corrected chi connectivity index (χ0v) is 23.7. The quantitative estimate of drug-likeness (QED) is 0.212. The number of hydrogen-bond donors (Lipinski definition) is 1. The van der Waals surface area contributed by atoms with Gasteiger partial charge in [0.25, 0.3) is 5.91 Å². The standard InChI is InChI=1S/C32H32BrFN2O3/c1-3-22(2)35-32(38)28(19-23-9-5-4-6-10-23)36(20-24-13-16-26(34)17-14-24)30(37)21-39-29-18-15-25-11-7-8-12-27(25)31(29)33/h4-18,22,28H,3,19-21H2,1-2H3,(H,35,38)/t22-,28+/m0/s1. The molecule has 39 heavy (non-hydrogen) atoms. The molecule has 0 bridgehead atoms. The summed E-state index contributed by atoms with van der Waals surface area (Å²) in [5.74, 6) is -0.418. The molecule has 0 aliphatic rings. The third-order valence-corrected chi connectivity index (χ3v) is 7.54. The zero-order chi connectivity index (χ0) is 27.8. The van der Waals surface area contributed by atoms with Gasteiger partial charge >= 0.3 is 0 Å². The van der Waals surface area contributed by atoms with Crippen molar-refractivity contribution in [2.24, 2.45) is 0 Å². The maximum Gasteiger partial charge on any atom is 0.261 e. The normalized spacial score (nSPS) is 12.5. The van der Waals surface area contributed by atoms with Gasteiger partial charge in [-0.05, 0) is 69.4 Å². The number of hydrogen-bond acceptors (Lipinski definition) is 3. The molecule has 0 aliphatic heterocycles. The van der Waals surface area contributed by atoms with E-state index < -0.39 is 6.04 Å². The minimum absolute atomic E-state index is 0.0525. The number of carbonyl (C=O) groups is 2. The van der Waals surface area contributed by atoms with Gasteiger partial charge in [-0.15, -0.1) is 0 Å². The lowest BCUT2D eigenvalue weighted by Crippen LogP contribution is -2.53. The van der Waals surface area contributed by atoms with Crippen molar-refractivity contribution in [2.45, 2.75) is 45.3 Å². The highest BCUT2D eigenvalue weighted by atomic mass is 79.9. The van der Waals surface area contributed by atoms with Crippen LogP contribution in [-0.4, -0.2) is 35.4 Å². The van der Waals surface area contributed by atoms with Crippen LogP contribution >= 0.6 is 15.9 Å². The highest BCUT2D eigenvalue weighted by Gasteiger charge is 2.31. The van der Waals surface area contributed by atoms with Gasteiger partial charge in [0.15, 0.2) is 6.61 Å². The molecule has 0 spiro atoms. The number of nitrogens with zero attached hydrogens (tertiary/aromatic N) is 1. The molecule has 0 aromatic heterocycles. The lowest BCUT2D eigenvalue weighted by atomic mass is 10.0. The van der Waals surface area contributed by atoms with Crippen molar-refractivity contribution in [2.75, 3.05) is 6.61 Å². The summed E-state index contributed by atoms with van der Waals surface area (Å²) in [6, 6.07) is 26.4. The van der Waals surface area contributed by atoms with E-state index in [2.05, 4.69) is 21.2 Å². The molecule has 0 saturated heterocycles. The van der Waals surface area contributed by atoms with E-state index in [-0.39, 0.29) is 36.8 Å². The van der Waals surface area contributed by atoms with Crippen molar-refractivity contribution in [3.8, 4) is 5.75 Å². The van der Waals surface area contributed by atoms with Gasteiger partial charge in [0.2, 0.25) is 5.91 Å². The predicted molar refractivity (Wildman–Crippen MR) is 156 cm³/mol. The van der Waals surface area contributed by atoms with Crippen molar-refractivity contribution in [1.29, 1.82) is 0 Å². The van der Waals surface area contributed by atoms with E-state index in [9.17, 15) is 14.0 Å². The van der Waals surface area contributed by atoms with Crippen molar-refractivity contribution < 1.29 is 18.7 Å². The average Bonchev–Trinajstić information content (AvgIpc) is 2.96. The molecular formula is C32H32BrFN2O3. The van der Waals surface area contributed by atoms with Gasteiger partial charge in [-0.3, -0.25) is 9.59 Å². The molecule has 1 N–H and O–H groups in total. The summed E-state index contributed by atoms with van der Waals surface area (Å²) in [6.45, 7) is 3.80. The lowest BCUT2D eigenvalue weighted by molar-refractivity contribution is -0.143. The number of carbonyl (C=O) groups excluding carboxylic acids is 2. The highest BCUT2D eigenvalue weighted by molar-refractivity contribution is 9.10. The molecule has 0 heterocycles. The van der Waals surface area contributed by atoms with Gasteiger partial charge in [0, 0.05) is 19.0 Å². The second-order valence-corrected chi connectivity index (χ2v) is 10.4. The molecule has 2 amide bonds. The first-order valence-corrected chi connectivity index (χ1v) is 13.8. The highest BCUT2D eigenvalue weighted by Crippen LogP contribution is 2.33. The number of fused-ring (bicyclic) bond motifs is 1. The number of benzene rings is 4. The number of amides is 2. The molecule has 202 valence electrons. The van der Waals surface area contributed by atoms with Crippen LogP contribution < -0.4 is 10.1 Å². The fourth-order valence-electron chi connectivity index (χ4n) is 4.33. The number of rotatable bonds is 11. The van der Waals surface area contributed by atoms with Crippen LogP contribution in [0.15, 0.2) is 95.5 Å². The molecule has 7 heteroatoms. The molecule has 2 atom stereocenters. The van der Waals surface area contributed by atoms with Gasteiger partial charge in [-0.1, -0.05) is 79.7 Å². The minimum Gasteiger partial charge on any atom is -0.483 e. The molecule has 0 radical (unpaired) electrons. The minimum atomic E-state index is -0.789. The molecule has 0 aliphatic carbocycles. The molecule has 4 aromatic carbocycles. The van der Waals surface area contributed by atoms with Crippen molar-refractivity contribution in [3.05, 3.63) is 112 Å². The van der Waals surface area contributed by atoms with Crippen LogP contribution in [0.3, 0.4) is 0 Å². The smallest absolute Gasteiger partial charge is 0.261 e. The van der Waals surface area contributed by atoms with Gasteiger partial charge in [-0.25, -0.2) is 4.39 Å². The molecule has 0 saturated carbocycles. The average molecular weight is 592 g/mol. The fraction of sp³-hybridized carbons (Fsp3) is 0.250. The van der Waals surface area contributed by atoms with E-state index in [0.29, 0.717) is 17.7 Å². The van der Waals surface area contributed by atoms with E-state index in [1.165, 1.54) is 17.0 Å². The van der Waals surface area contributed by atoms with Crippen molar-refractivity contribution in [1.82, 2.24) is 10.2 Å². The first-order chi connectivity index (χ1) is 18.9. The Kier molecular flexibility index (Phi) is 9.71. The Hall–Kier alpha value is -3.71. The topological polar surface area (TPSA) is 58.6 Å². The Bertz CT molecular complexity index is 1410. The Balaban J connectivity index is 1.64. The summed E-state index contributed by atoms with van der Waals surface area (Å²) in [5.41, 5.74) is 1.64. The monoisotopic (exact) mass is 590 g/mol. The summed E-state index contributed by atoms with van der Waals surface area (Å²) < 4.78 is 20.4. The Morgan fingerprint density at radius 3 is 2.33 bits per heavy atom. The molecule has 0 fully saturated rings. The predicted octanol–water partition coefficient (Wildman–Crippen LogP) is 6.68.